The van der Waals surface area contributed by atoms with Crippen molar-refractivity contribution in [3.8, 4) is 0 Å². The lowest BCUT2D eigenvalue weighted by Crippen LogP contribution is -2.58. The Morgan fingerprint density at radius 3 is 2.93 bits per heavy atom. The largest absolute Gasteiger partial charge is 0.389 e. The van der Waals surface area contributed by atoms with Crippen LogP contribution in [0.2, 0.25) is 0 Å². The van der Waals surface area contributed by atoms with Crippen molar-refractivity contribution in [2.45, 2.75) is 50.9 Å². The number of rotatable bonds is 3. The summed E-state index contributed by atoms with van der Waals surface area (Å²) in [5.74, 6) is 0.700. The lowest BCUT2D eigenvalue weighted by atomic mass is 9.72. The van der Waals surface area contributed by atoms with Crippen LogP contribution in [0.1, 0.15) is 33.1 Å². The molecule has 0 spiro atoms. The number of fused-ring (bicyclic) bond motifs is 1. The van der Waals surface area contributed by atoms with Gasteiger partial charge in [0.05, 0.1) is 11.7 Å². The maximum atomic E-state index is 9.59. The third-order valence-corrected chi connectivity index (χ3v) is 3.29. The molecule has 3 heteroatoms. The van der Waals surface area contributed by atoms with E-state index in [1.54, 1.807) is 0 Å². The van der Waals surface area contributed by atoms with E-state index in [0.717, 1.165) is 13.0 Å². The summed E-state index contributed by atoms with van der Waals surface area (Å²) in [6.45, 7) is 5.31. The summed E-state index contributed by atoms with van der Waals surface area (Å²) < 4.78 is 5.64. The van der Waals surface area contributed by atoms with Crippen molar-refractivity contribution in [2.75, 3.05) is 13.2 Å². The van der Waals surface area contributed by atoms with E-state index in [0.29, 0.717) is 24.6 Å². The van der Waals surface area contributed by atoms with Crippen LogP contribution >= 0.6 is 0 Å². The molecule has 2 aliphatic rings. The molecule has 1 aliphatic heterocycles. The molecule has 1 aliphatic carbocycles. The highest BCUT2D eigenvalue weighted by molar-refractivity contribution is 4.97. The second kappa shape index (κ2) is 3.80. The highest BCUT2D eigenvalue weighted by Crippen LogP contribution is 2.37. The highest BCUT2D eigenvalue weighted by atomic mass is 16.5. The summed E-state index contributed by atoms with van der Waals surface area (Å²) in [5.41, 5.74) is -0.597. The van der Waals surface area contributed by atoms with Crippen LogP contribution in [-0.2, 0) is 4.74 Å². The van der Waals surface area contributed by atoms with Crippen molar-refractivity contribution in [1.82, 2.24) is 5.32 Å². The van der Waals surface area contributed by atoms with Crippen LogP contribution in [0, 0.1) is 5.92 Å². The van der Waals surface area contributed by atoms with Gasteiger partial charge in [-0.1, -0.05) is 0 Å². The Labute approximate surface area is 85.8 Å². The zero-order valence-electron chi connectivity index (χ0n) is 9.12. The number of hydrogen-bond donors (Lipinski definition) is 2. The van der Waals surface area contributed by atoms with Crippen molar-refractivity contribution in [3.05, 3.63) is 0 Å². The quantitative estimate of drug-likeness (QED) is 0.710. The van der Waals surface area contributed by atoms with Gasteiger partial charge in [0.25, 0.3) is 0 Å². The van der Waals surface area contributed by atoms with Crippen molar-refractivity contribution < 1.29 is 9.84 Å². The van der Waals surface area contributed by atoms with Crippen molar-refractivity contribution in [3.63, 3.8) is 0 Å². The molecule has 3 atom stereocenters. The number of aliphatic hydroxyl groups is 1. The van der Waals surface area contributed by atoms with Gasteiger partial charge in [-0.05, 0) is 33.1 Å². The second-order valence-electron chi connectivity index (χ2n) is 5.25. The van der Waals surface area contributed by atoms with Gasteiger partial charge in [0.1, 0.15) is 0 Å². The number of hydrogen-bond acceptors (Lipinski definition) is 3. The lowest BCUT2D eigenvalue weighted by Gasteiger charge is -2.48. The van der Waals surface area contributed by atoms with E-state index in [4.69, 9.17) is 4.74 Å². The molecule has 1 saturated carbocycles. The average molecular weight is 199 g/mol. The predicted octanol–water partition coefficient (Wildman–Crippen LogP) is 0.914. The summed E-state index contributed by atoms with van der Waals surface area (Å²) >= 11 is 0. The molecule has 3 unspecified atom stereocenters. The molecule has 1 saturated heterocycles. The fourth-order valence-corrected chi connectivity index (χ4v) is 2.41. The molecule has 0 bridgehead atoms. The highest BCUT2D eigenvalue weighted by Gasteiger charge is 2.43. The zero-order chi connectivity index (χ0) is 10.2. The summed E-state index contributed by atoms with van der Waals surface area (Å²) in [6, 6.07) is 0.576. The average Bonchev–Trinajstić information content (AvgIpc) is 2.04. The van der Waals surface area contributed by atoms with Crippen LogP contribution < -0.4 is 5.32 Å². The van der Waals surface area contributed by atoms with E-state index in [2.05, 4.69) is 5.32 Å². The Hall–Kier alpha value is -0.120. The Morgan fingerprint density at radius 2 is 2.29 bits per heavy atom. The molecule has 2 rings (SSSR count). The smallest absolute Gasteiger partial charge is 0.0715 e. The van der Waals surface area contributed by atoms with Crippen LogP contribution in [0.3, 0.4) is 0 Å². The lowest BCUT2D eigenvalue weighted by molar-refractivity contribution is -0.106. The minimum Gasteiger partial charge on any atom is -0.389 e. The first-order valence-electron chi connectivity index (χ1n) is 5.64. The van der Waals surface area contributed by atoms with Crippen LogP contribution in [0.4, 0.5) is 0 Å². The molecule has 0 aromatic rings. The fourth-order valence-electron chi connectivity index (χ4n) is 2.41. The van der Waals surface area contributed by atoms with E-state index >= 15 is 0 Å². The molecule has 2 fully saturated rings. The molecule has 82 valence electrons. The summed E-state index contributed by atoms with van der Waals surface area (Å²) in [7, 11) is 0. The molecular weight excluding hydrogens is 178 g/mol. The monoisotopic (exact) mass is 199 g/mol. The van der Waals surface area contributed by atoms with Gasteiger partial charge < -0.3 is 15.2 Å². The molecule has 0 aromatic heterocycles. The minimum absolute atomic E-state index is 0.503. The Balaban J connectivity index is 1.73. The van der Waals surface area contributed by atoms with Gasteiger partial charge in [-0.3, -0.25) is 0 Å². The van der Waals surface area contributed by atoms with E-state index in [1.807, 2.05) is 13.8 Å². The molecule has 0 amide bonds. The van der Waals surface area contributed by atoms with Gasteiger partial charge in [0.15, 0.2) is 0 Å². The minimum atomic E-state index is -0.597. The normalized spacial score (nSPS) is 37.5. The molecular formula is C11H21NO2. The van der Waals surface area contributed by atoms with E-state index < -0.39 is 5.60 Å². The van der Waals surface area contributed by atoms with Crippen molar-refractivity contribution in [2.24, 2.45) is 5.92 Å². The van der Waals surface area contributed by atoms with Crippen LogP contribution in [0.25, 0.3) is 0 Å². The standard InChI is InChI=1S/C11H21NO2/c1-11(2,13)7-12-9-6-10-8(9)4-3-5-14-10/h8-10,12-13H,3-7H2,1-2H3. The molecule has 14 heavy (non-hydrogen) atoms. The molecule has 3 nitrogen and oxygen atoms in total. The maximum absolute atomic E-state index is 9.59. The third kappa shape index (κ3) is 2.27. The van der Waals surface area contributed by atoms with Gasteiger partial charge in [-0.15, -0.1) is 0 Å². The number of ether oxygens (including phenoxy) is 1. The second-order valence-corrected chi connectivity index (χ2v) is 5.25. The third-order valence-electron chi connectivity index (χ3n) is 3.29. The Kier molecular flexibility index (Phi) is 2.82. The Morgan fingerprint density at radius 1 is 1.50 bits per heavy atom. The zero-order valence-corrected chi connectivity index (χ0v) is 9.12. The van der Waals surface area contributed by atoms with Gasteiger partial charge in [0, 0.05) is 25.1 Å². The topological polar surface area (TPSA) is 41.5 Å². The first-order chi connectivity index (χ1) is 6.56. The maximum Gasteiger partial charge on any atom is 0.0715 e. The van der Waals surface area contributed by atoms with E-state index in [1.165, 1.54) is 12.8 Å². The van der Waals surface area contributed by atoms with E-state index in [-0.39, 0.29) is 0 Å². The van der Waals surface area contributed by atoms with Crippen molar-refractivity contribution >= 4 is 0 Å². The van der Waals surface area contributed by atoms with Gasteiger partial charge in [-0.25, -0.2) is 0 Å². The van der Waals surface area contributed by atoms with Crippen LogP contribution in [0.5, 0.6) is 0 Å². The molecule has 1 heterocycles. The summed E-state index contributed by atoms with van der Waals surface area (Å²) in [5, 5.41) is 13.0. The first kappa shape index (κ1) is 10.4. The fraction of sp³-hybridized carbons (Fsp3) is 1.00. The van der Waals surface area contributed by atoms with Gasteiger partial charge >= 0.3 is 0 Å². The molecule has 2 N–H and O–H groups in total. The van der Waals surface area contributed by atoms with Crippen LogP contribution in [0.15, 0.2) is 0 Å². The molecule has 0 aromatic carbocycles. The predicted molar refractivity (Wildman–Crippen MR) is 55.2 cm³/mol. The summed E-state index contributed by atoms with van der Waals surface area (Å²) in [6.07, 6.45) is 4.11. The summed E-state index contributed by atoms with van der Waals surface area (Å²) in [4.78, 5) is 0. The van der Waals surface area contributed by atoms with Crippen molar-refractivity contribution in [1.29, 1.82) is 0 Å². The van der Waals surface area contributed by atoms with Gasteiger partial charge in [0.2, 0.25) is 0 Å². The number of nitrogens with one attached hydrogen (secondary N) is 1. The SMILES string of the molecule is CC(C)(O)CNC1CC2OCCCC12. The van der Waals surface area contributed by atoms with E-state index in [9.17, 15) is 5.11 Å². The molecule has 0 radical (unpaired) electrons. The van der Waals surface area contributed by atoms with Gasteiger partial charge in [-0.2, -0.15) is 0 Å². The first-order valence-corrected chi connectivity index (χ1v) is 5.64. The van der Waals surface area contributed by atoms with Crippen LogP contribution in [-0.4, -0.2) is 36.0 Å². The Bertz CT molecular complexity index is 200.